The van der Waals surface area contributed by atoms with Crippen molar-refractivity contribution in [1.82, 2.24) is 24.6 Å². The number of rotatable bonds is 7. The molecule has 0 atom stereocenters. The van der Waals surface area contributed by atoms with Gasteiger partial charge in [0.15, 0.2) is 5.65 Å². The van der Waals surface area contributed by atoms with Crippen LogP contribution in [-0.2, 0) is 24.1 Å². The third-order valence-electron chi connectivity index (χ3n) is 6.07. The fourth-order valence-corrected chi connectivity index (χ4v) is 4.34. The predicted octanol–water partition coefficient (Wildman–Crippen LogP) is 3.75. The molecule has 1 saturated carbocycles. The second-order valence-electron chi connectivity index (χ2n) is 8.54. The summed E-state index contributed by atoms with van der Waals surface area (Å²) in [4.78, 5) is 29.3. The van der Waals surface area contributed by atoms with E-state index in [0.29, 0.717) is 36.6 Å². The summed E-state index contributed by atoms with van der Waals surface area (Å²) < 4.78 is 41.7. The van der Waals surface area contributed by atoms with Gasteiger partial charge < -0.3 is 5.32 Å². The first-order valence-electron chi connectivity index (χ1n) is 11.1. The quantitative estimate of drug-likeness (QED) is 0.581. The number of aromatic nitrogens is 4. The zero-order chi connectivity index (χ0) is 23.4. The maximum absolute atomic E-state index is 12.9. The highest BCUT2D eigenvalue weighted by molar-refractivity contribution is 5.76. The van der Waals surface area contributed by atoms with Crippen LogP contribution in [0.1, 0.15) is 49.7 Å². The van der Waals surface area contributed by atoms with E-state index < -0.39 is 11.7 Å². The van der Waals surface area contributed by atoms with Crippen molar-refractivity contribution in [3.63, 3.8) is 0 Å². The molecular formula is C23H26F3N5O2. The van der Waals surface area contributed by atoms with E-state index in [9.17, 15) is 22.8 Å². The summed E-state index contributed by atoms with van der Waals surface area (Å²) in [6.07, 6.45) is 4.64. The minimum Gasteiger partial charge on any atom is -0.354 e. The molecule has 3 aromatic rings. The number of halogens is 3. The van der Waals surface area contributed by atoms with Gasteiger partial charge >= 0.3 is 6.18 Å². The second-order valence-corrected chi connectivity index (χ2v) is 8.54. The summed E-state index contributed by atoms with van der Waals surface area (Å²) in [6.45, 7) is 0.704. The van der Waals surface area contributed by atoms with Crippen LogP contribution < -0.4 is 10.9 Å². The molecule has 33 heavy (non-hydrogen) atoms. The maximum Gasteiger partial charge on any atom is 0.416 e. The first-order valence-corrected chi connectivity index (χ1v) is 11.1. The second kappa shape index (κ2) is 9.76. The van der Waals surface area contributed by atoms with E-state index in [0.717, 1.165) is 25.0 Å². The van der Waals surface area contributed by atoms with Crippen molar-refractivity contribution < 1.29 is 18.0 Å². The average Bonchev–Trinajstić information content (AvgIpc) is 3.20. The molecule has 0 saturated heterocycles. The number of nitrogens with zero attached hydrogens (tertiary/aromatic N) is 4. The minimum atomic E-state index is -4.45. The average molecular weight is 461 g/mol. The van der Waals surface area contributed by atoms with Gasteiger partial charge in [-0.3, -0.25) is 14.2 Å². The van der Waals surface area contributed by atoms with Crippen LogP contribution in [-0.4, -0.2) is 31.8 Å². The SMILES string of the molecule is O=C(CC1CCCCC1)NCCn1ncc2c(=O)n(Cc3cccc(C(F)(F)F)c3)cnc21. The van der Waals surface area contributed by atoms with Gasteiger partial charge in [-0.15, -0.1) is 0 Å². The summed E-state index contributed by atoms with van der Waals surface area (Å²) in [6, 6.07) is 4.86. The molecular weight excluding hydrogens is 435 g/mol. The summed E-state index contributed by atoms with van der Waals surface area (Å²) in [5, 5.41) is 7.39. The lowest BCUT2D eigenvalue weighted by Crippen LogP contribution is -2.29. The van der Waals surface area contributed by atoms with E-state index in [1.807, 2.05) is 0 Å². The Bertz CT molecular complexity index is 1180. The van der Waals surface area contributed by atoms with Crippen molar-refractivity contribution in [3.8, 4) is 0 Å². The van der Waals surface area contributed by atoms with Crippen molar-refractivity contribution in [3.05, 3.63) is 58.3 Å². The molecule has 0 bridgehead atoms. The Balaban J connectivity index is 1.40. The van der Waals surface area contributed by atoms with E-state index in [2.05, 4.69) is 15.4 Å². The molecule has 0 unspecified atom stereocenters. The van der Waals surface area contributed by atoms with Gasteiger partial charge in [0.05, 0.1) is 24.8 Å². The molecule has 2 aromatic heterocycles. The van der Waals surface area contributed by atoms with Gasteiger partial charge in [-0.2, -0.15) is 18.3 Å². The molecule has 7 nitrogen and oxygen atoms in total. The number of hydrogen-bond donors (Lipinski definition) is 1. The summed E-state index contributed by atoms with van der Waals surface area (Å²) in [7, 11) is 0. The number of alkyl halides is 3. The topological polar surface area (TPSA) is 81.8 Å². The number of amides is 1. The van der Waals surface area contributed by atoms with Crippen LogP contribution in [0, 0.1) is 5.92 Å². The molecule has 4 rings (SSSR count). The standard InChI is InChI=1S/C23H26F3N5O2/c24-23(25,26)18-8-4-7-17(11-18)14-30-15-28-21-19(22(30)33)13-29-31(21)10-9-27-20(32)12-16-5-2-1-3-6-16/h4,7-8,11,13,15-16H,1-3,5-6,9-10,12,14H2,(H,27,32). The van der Waals surface area contributed by atoms with Crippen molar-refractivity contribution in [2.24, 2.45) is 5.92 Å². The van der Waals surface area contributed by atoms with Crippen LogP contribution in [0.5, 0.6) is 0 Å². The van der Waals surface area contributed by atoms with Crippen molar-refractivity contribution in [2.75, 3.05) is 6.54 Å². The van der Waals surface area contributed by atoms with Gasteiger partial charge in [-0.25, -0.2) is 9.67 Å². The van der Waals surface area contributed by atoms with E-state index in [-0.39, 0.29) is 23.4 Å². The highest BCUT2D eigenvalue weighted by Gasteiger charge is 2.30. The van der Waals surface area contributed by atoms with E-state index in [4.69, 9.17) is 0 Å². The number of fused-ring (bicyclic) bond motifs is 1. The Morgan fingerprint density at radius 2 is 1.97 bits per heavy atom. The molecule has 1 amide bonds. The summed E-state index contributed by atoms with van der Waals surface area (Å²) in [5.74, 6) is 0.482. The molecule has 1 aliphatic rings. The molecule has 1 aromatic carbocycles. The molecule has 176 valence electrons. The van der Waals surface area contributed by atoms with E-state index in [1.54, 1.807) is 4.68 Å². The zero-order valence-corrected chi connectivity index (χ0v) is 18.1. The van der Waals surface area contributed by atoms with Crippen LogP contribution >= 0.6 is 0 Å². The highest BCUT2D eigenvalue weighted by atomic mass is 19.4. The minimum absolute atomic E-state index is 0.0229. The number of nitrogens with one attached hydrogen (secondary N) is 1. The van der Waals surface area contributed by atoms with Crippen molar-refractivity contribution in [1.29, 1.82) is 0 Å². The van der Waals surface area contributed by atoms with Crippen LogP contribution in [0.4, 0.5) is 13.2 Å². The molecule has 1 fully saturated rings. The lowest BCUT2D eigenvalue weighted by atomic mass is 9.87. The molecule has 0 aliphatic heterocycles. The molecule has 0 radical (unpaired) electrons. The summed E-state index contributed by atoms with van der Waals surface area (Å²) in [5.41, 5.74) is -0.423. The van der Waals surface area contributed by atoms with Crippen LogP contribution in [0.2, 0.25) is 0 Å². The van der Waals surface area contributed by atoms with Crippen molar-refractivity contribution in [2.45, 2.75) is 57.8 Å². The molecule has 1 N–H and O–H groups in total. The van der Waals surface area contributed by atoms with Crippen LogP contribution in [0.25, 0.3) is 11.0 Å². The molecule has 10 heteroatoms. The lowest BCUT2D eigenvalue weighted by Gasteiger charge is -2.20. The number of benzene rings is 1. The Kier molecular flexibility index (Phi) is 6.80. The first kappa shape index (κ1) is 23.0. The Morgan fingerprint density at radius 1 is 1.18 bits per heavy atom. The Hall–Kier alpha value is -3.17. The summed E-state index contributed by atoms with van der Waals surface area (Å²) >= 11 is 0. The van der Waals surface area contributed by atoms with Gasteiger partial charge in [0.2, 0.25) is 5.91 Å². The monoisotopic (exact) mass is 461 g/mol. The number of carbonyl (C=O) groups is 1. The highest BCUT2D eigenvalue weighted by Crippen LogP contribution is 2.29. The van der Waals surface area contributed by atoms with E-state index in [1.165, 1.54) is 48.5 Å². The van der Waals surface area contributed by atoms with Crippen LogP contribution in [0.3, 0.4) is 0 Å². The van der Waals surface area contributed by atoms with Gasteiger partial charge in [0.25, 0.3) is 5.56 Å². The fraction of sp³-hybridized carbons (Fsp3) is 0.478. The molecule has 2 heterocycles. The zero-order valence-electron chi connectivity index (χ0n) is 18.1. The Labute approximate surface area is 188 Å². The maximum atomic E-state index is 12.9. The van der Waals surface area contributed by atoms with Crippen LogP contribution in [0.15, 0.2) is 41.6 Å². The molecule has 1 aliphatic carbocycles. The number of carbonyl (C=O) groups excluding carboxylic acids is 1. The van der Waals surface area contributed by atoms with Gasteiger partial charge in [0.1, 0.15) is 11.7 Å². The van der Waals surface area contributed by atoms with Crippen molar-refractivity contribution >= 4 is 16.9 Å². The van der Waals surface area contributed by atoms with Gasteiger partial charge in [0, 0.05) is 13.0 Å². The number of hydrogen-bond acceptors (Lipinski definition) is 4. The Morgan fingerprint density at radius 3 is 2.73 bits per heavy atom. The third-order valence-corrected chi connectivity index (χ3v) is 6.07. The van der Waals surface area contributed by atoms with Gasteiger partial charge in [-0.05, 0) is 36.5 Å². The third kappa shape index (κ3) is 5.61. The smallest absolute Gasteiger partial charge is 0.354 e. The van der Waals surface area contributed by atoms with E-state index >= 15 is 0 Å². The normalized spacial score (nSPS) is 15.1. The molecule has 0 spiro atoms. The fourth-order valence-electron chi connectivity index (χ4n) is 4.34. The lowest BCUT2D eigenvalue weighted by molar-refractivity contribution is -0.137. The first-order chi connectivity index (χ1) is 15.8. The van der Waals surface area contributed by atoms with Gasteiger partial charge in [-0.1, -0.05) is 31.4 Å². The largest absolute Gasteiger partial charge is 0.416 e. The predicted molar refractivity (Wildman–Crippen MR) is 117 cm³/mol.